The molecule has 3 fully saturated rings. The highest BCUT2D eigenvalue weighted by molar-refractivity contribution is 6.20. The molecule has 1 N–H and O–H groups in total. The van der Waals surface area contributed by atoms with Gasteiger partial charge in [-0.2, -0.15) is 5.10 Å². The van der Waals surface area contributed by atoms with Crippen molar-refractivity contribution in [2.75, 3.05) is 14.2 Å². The molecule has 2 heterocycles. The van der Waals surface area contributed by atoms with Gasteiger partial charge >= 0.3 is 0 Å². The number of methoxy groups -OCH3 is 2. The molecule has 1 saturated heterocycles. The minimum absolute atomic E-state index is 0.0203. The summed E-state index contributed by atoms with van der Waals surface area (Å²) >= 11 is 6.87. The normalized spacial score (nSPS) is 44.5. The van der Waals surface area contributed by atoms with Gasteiger partial charge in [-0.1, -0.05) is 6.92 Å². The molecule has 2 aliphatic heterocycles. The molecule has 6 nitrogen and oxygen atoms in total. The van der Waals surface area contributed by atoms with Crippen LogP contribution in [0.2, 0.25) is 0 Å². The molecular weight excluding hydrogens is 402 g/mol. The Kier molecular flexibility index (Phi) is 7.08. The Labute approximate surface area is 186 Å². The van der Waals surface area contributed by atoms with E-state index in [9.17, 15) is 4.79 Å². The van der Waals surface area contributed by atoms with E-state index in [1.54, 1.807) is 26.2 Å². The summed E-state index contributed by atoms with van der Waals surface area (Å²) in [5, 5.41) is 10.3. The van der Waals surface area contributed by atoms with Crippen molar-refractivity contribution in [2.24, 2.45) is 28.8 Å². The van der Waals surface area contributed by atoms with Gasteiger partial charge in [0.25, 0.3) is 0 Å². The number of fused-ring (bicyclic) bond motifs is 1. The van der Waals surface area contributed by atoms with Crippen LogP contribution in [0.3, 0.4) is 0 Å². The number of nitrogens with zero attached hydrogens (tertiary/aromatic N) is 2. The fraction of sp³-hybridized carbons (Fsp3) is 0.913. The second kappa shape index (κ2) is 9.43. The number of carbonyl (C=O) groups is 1. The summed E-state index contributed by atoms with van der Waals surface area (Å²) in [6, 6.07) is 0.589. The average molecular weight is 440 g/mol. The Hall–Kier alpha value is -0.690. The van der Waals surface area contributed by atoms with Crippen molar-refractivity contribution in [1.29, 1.82) is 0 Å². The van der Waals surface area contributed by atoms with Crippen LogP contribution >= 0.6 is 11.6 Å². The van der Waals surface area contributed by atoms with E-state index in [1.165, 1.54) is 19.3 Å². The molecule has 0 aromatic carbocycles. The first kappa shape index (κ1) is 22.5. The maximum atomic E-state index is 12.5. The highest BCUT2D eigenvalue weighted by Crippen LogP contribution is 2.43. The molecule has 0 aromatic heterocycles. The molecule has 4 rings (SSSR count). The topological polar surface area (TPSA) is 63.2 Å². The molecule has 30 heavy (non-hydrogen) atoms. The van der Waals surface area contributed by atoms with E-state index in [1.807, 2.05) is 0 Å². The van der Waals surface area contributed by atoms with E-state index in [-0.39, 0.29) is 35.6 Å². The molecule has 170 valence electrons. The van der Waals surface area contributed by atoms with E-state index in [2.05, 4.69) is 12.2 Å². The number of hydrogen-bond acceptors (Lipinski definition) is 5. The molecule has 0 aromatic rings. The van der Waals surface area contributed by atoms with E-state index < -0.39 is 0 Å². The predicted octanol–water partition coefficient (Wildman–Crippen LogP) is 3.77. The van der Waals surface area contributed by atoms with Gasteiger partial charge in [0.2, 0.25) is 5.91 Å². The Bertz CT molecular complexity index is 660. The van der Waals surface area contributed by atoms with Gasteiger partial charge in [-0.15, -0.1) is 11.6 Å². The second-order valence-corrected chi connectivity index (χ2v) is 10.5. The van der Waals surface area contributed by atoms with Crippen LogP contribution in [-0.2, 0) is 14.3 Å². The van der Waals surface area contributed by atoms with Crippen LogP contribution in [0.15, 0.2) is 5.10 Å². The van der Waals surface area contributed by atoms with E-state index in [4.69, 9.17) is 26.2 Å². The molecule has 9 atom stereocenters. The summed E-state index contributed by atoms with van der Waals surface area (Å²) < 4.78 is 11.3. The molecular formula is C23H38ClN3O3. The summed E-state index contributed by atoms with van der Waals surface area (Å²) in [4.78, 5) is 12.5. The molecule has 0 radical (unpaired) electrons. The van der Waals surface area contributed by atoms with Gasteiger partial charge < -0.3 is 9.47 Å². The van der Waals surface area contributed by atoms with E-state index in [0.29, 0.717) is 17.9 Å². The Morgan fingerprint density at radius 1 is 1.10 bits per heavy atom. The third-order valence-electron chi connectivity index (χ3n) is 8.16. The highest BCUT2D eigenvalue weighted by atomic mass is 35.5. The van der Waals surface area contributed by atoms with Gasteiger partial charge in [0.1, 0.15) is 0 Å². The Morgan fingerprint density at radius 3 is 2.57 bits per heavy atom. The zero-order valence-electron chi connectivity index (χ0n) is 18.9. The number of hydrazone groups is 1. The predicted molar refractivity (Wildman–Crippen MR) is 118 cm³/mol. The quantitative estimate of drug-likeness (QED) is 0.535. The van der Waals surface area contributed by atoms with Crippen LogP contribution in [0, 0.1) is 23.7 Å². The smallest absolute Gasteiger partial charge is 0.239 e. The third kappa shape index (κ3) is 4.43. The number of amides is 1. The van der Waals surface area contributed by atoms with Gasteiger partial charge in [0, 0.05) is 51.2 Å². The largest absolute Gasteiger partial charge is 0.379 e. The summed E-state index contributed by atoms with van der Waals surface area (Å²) in [6.45, 7) is 3.99. The first-order chi connectivity index (χ1) is 14.4. The van der Waals surface area contributed by atoms with Gasteiger partial charge in [-0.05, 0) is 56.8 Å². The van der Waals surface area contributed by atoms with Crippen molar-refractivity contribution < 1.29 is 14.3 Å². The molecule has 2 saturated carbocycles. The van der Waals surface area contributed by atoms with Crippen molar-refractivity contribution >= 4 is 23.2 Å². The summed E-state index contributed by atoms with van der Waals surface area (Å²) in [7, 11) is 3.52. The van der Waals surface area contributed by atoms with Crippen molar-refractivity contribution in [3.05, 3.63) is 0 Å². The number of hydrogen-bond donors (Lipinski definition) is 1. The molecule has 0 bridgehead atoms. The number of nitrogens with one attached hydrogen (secondary N) is 1. The van der Waals surface area contributed by atoms with Crippen LogP contribution < -0.4 is 5.32 Å². The number of alkyl halides is 1. The Balaban J connectivity index is 1.47. The van der Waals surface area contributed by atoms with Crippen molar-refractivity contribution in [1.82, 2.24) is 10.3 Å². The Morgan fingerprint density at radius 2 is 1.87 bits per heavy atom. The lowest BCUT2D eigenvalue weighted by Gasteiger charge is -2.46. The van der Waals surface area contributed by atoms with Crippen LogP contribution in [0.1, 0.15) is 65.2 Å². The standard InChI is InChI=1S/C23H38ClN3O3/c1-13-5-7-18-16(9-13)10-17(23(24)25-18)20-12-19(26-27(20)14(2)28)15-6-8-21(29-3)22(11-15)30-4/h13,15-18,20-23,25H,5-12H2,1-4H3. The summed E-state index contributed by atoms with van der Waals surface area (Å²) in [5.74, 6) is 2.04. The van der Waals surface area contributed by atoms with E-state index >= 15 is 0 Å². The lowest BCUT2D eigenvalue weighted by molar-refractivity contribution is -0.132. The minimum Gasteiger partial charge on any atom is -0.379 e. The first-order valence-electron chi connectivity index (χ1n) is 11.7. The maximum Gasteiger partial charge on any atom is 0.239 e. The van der Waals surface area contributed by atoms with Crippen molar-refractivity contribution in [2.45, 2.75) is 95.0 Å². The van der Waals surface area contributed by atoms with Gasteiger partial charge in [0.05, 0.1) is 23.8 Å². The molecule has 4 aliphatic rings. The maximum absolute atomic E-state index is 12.5. The SMILES string of the molecule is COC1CCC(C2=NN(C(C)=O)C(C3CC4CC(C)CCC4NC3Cl)C2)CC1OC. The zero-order valence-corrected chi connectivity index (χ0v) is 19.6. The number of piperidine rings is 1. The van der Waals surface area contributed by atoms with E-state index in [0.717, 1.165) is 43.7 Å². The minimum atomic E-state index is -0.1000. The second-order valence-electron chi connectivity index (χ2n) is 10.0. The van der Waals surface area contributed by atoms with Crippen LogP contribution in [-0.4, -0.2) is 60.6 Å². The molecule has 2 aliphatic carbocycles. The molecule has 7 heteroatoms. The lowest BCUT2D eigenvalue weighted by atomic mass is 9.70. The monoisotopic (exact) mass is 439 g/mol. The van der Waals surface area contributed by atoms with Gasteiger partial charge in [0.15, 0.2) is 0 Å². The highest BCUT2D eigenvalue weighted by Gasteiger charge is 2.47. The van der Waals surface area contributed by atoms with Crippen molar-refractivity contribution in [3.63, 3.8) is 0 Å². The van der Waals surface area contributed by atoms with Crippen molar-refractivity contribution in [3.8, 4) is 0 Å². The van der Waals surface area contributed by atoms with Gasteiger partial charge in [-0.3, -0.25) is 10.1 Å². The summed E-state index contributed by atoms with van der Waals surface area (Å²) in [6.07, 6.45) is 8.81. The molecule has 0 spiro atoms. The fourth-order valence-corrected chi connectivity index (χ4v) is 6.92. The number of ether oxygens (including phenoxy) is 2. The number of rotatable bonds is 4. The first-order valence-corrected chi connectivity index (χ1v) is 12.2. The number of carbonyl (C=O) groups excluding carboxylic acids is 1. The van der Waals surface area contributed by atoms with Gasteiger partial charge in [-0.25, -0.2) is 5.01 Å². The lowest BCUT2D eigenvalue weighted by Crippen LogP contribution is -2.56. The molecule has 9 unspecified atom stereocenters. The molecule has 1 amide bonds. The van der Waals surface area contributed by atoms with Crippen LogP contribution in [0.25, 0.3) is 0 Å². The summed E-state index contributed by atoms with van der Waals surface area (Å²) in [5.41, 5.74) is 1.05. The third-order valence-corrected chi connectivity index (χ3v) is 8.61. The zero-order chi connectivity index (χ0) is 21.4. The van der Waals surface area contributed by atoms with Crippen LogP contribution in [0.4, 0.5) is 0 Å². The average Bonchev–Trinajstić information content (AvgIpc) is 3.18. The van der Waals surface area contributed by atoms with Crippen LogP contribution in [0.5, 0.6) is 0 Å². The number of halogens is 1. The fourth-order valence-electron chi connectivity index (χ4n) is 6.49.